The van der Waals surface area contributed by atoms with Gasteiger partial charge in [0.15, 0.2) is 5.43 Å². The number of aryl methyl sites for hydroxylation is 1. The van der Waals surface area contributed by atoms with Gasteiger partial charge in [-0.2, -0.15) is 0 Å². The van der Waals surface area contributed by atoms with Crippen LogP contribution in [0.15, 0.2) is 17.1 Å². The summed E-state index contributed by atoms with van der Waals surface area (Å²) in [6, 6.07) is 1.64. The van der Waals surface area contributed by atoms with E-state index in [1.165, 1.54) is 12.3 Å². The molecule has 0 saturated carbocycles. The van der Waals surface area contributed by atoms with E-state index in [1.54, 1.807) is 0 Å². The highest BCUT2D eigenvalue weighted by molar-refractivity contribution is 5.87. The smallest absolute Gasteiger partial charge is 0.341 e. The second kappa shape index (κ2) is 4.96. The molecular weight excluding hydrogens is 206 g/mol. The van der Waals surface area contributed by atoms with Gasteiger partial charge in [0.1, 0.15) is 5.56 Å². The van der Waals surface area contributed by atoms with E-state index >= 15 is 0 Å². The number of carbonyl (C=O) groups is 1. The zero-order valence-corrected chi connectivity index (χ0v) is 9.86. The van der Waals surface area contributed by atoms with Crippen molar-refractivity contribution in [2.45, 2.75) is 39.7 Å². The average molecular weight is 223 g/mol. The summed E-state index contributed by atoms with van der Waals surface area (Å²) in [5, 5.41) is 8.89. The third kappa shape index (κ3) is 2.32. The lowest BCUT2D eigenvalue weighted by molar-refractivity contribution is 0.0694. The van der Waals surface area contributed by atoms with Crippen LogP contribution in [-0.4, -0.2) is 15.6 Å². The molecular formula is C12H17NO3. The summed E-state index contributed by atoms with van der Waals surface area (Å²) in [6.07, 6.45) is 3.29. The van der Waals surface area contributed by atoms with E-state index in [1.807, 2.05) is 25.3 Å². The van der Waals surface area contributed by atoms with E-state index in [9.17, 15) is 9.59 Å². The summed E-state index contributed by atoms with van der Waals surface area (Å²) in [4.78, 5) is 22.3. The highest BCUT2D eigenvalue weighted by Gasteiger charge is 2.14. The first-order chi connectivity index (χ1) is 7.51. The summed E-state index contributed by atoms with van der Waals surface area (Å²) in [5.74, 6) is -1.16. The first-order valence-electron chi connectivity index (χ1n) is 5.47. The maximum absolute atomic E-state index is 11.4. The quantitative estimate of drug-likeness (QED) is 0.851. The number of aromatic carboxylic acids is 1. The van der Waals surface area contributed by atoms with E-state index in [0.29, 0.717) is 0 Å². The number of nitrogens with zero attached hydrogens (tertiary/aromatic N) is 1. The van der Waals surface area contributed by atoms with Crippen molar-refractivity contribution < 1.29 is 9.90 Å². The van der Waals surface area contributed by atoms with E-state index in [2.05, 4.69) is 0 Å². The molecule has 4 nitrogen and oxygen atoms in total. The molecule has 1 N–H and O–H groups in total. The minimum atomic E-state index is -1.16. The molecule has 0 aliphatic rings. The number of hydrogen-bond donors (Lipinski definition) is 1. The van der Waals surface area contributed by atoms with Gasteiger partial charge < -0.3 is 9.67 Å². The summed E-state index contributed by atoms with van der Waals surface area (Å²) in [5.41, 5.74) is 0.230. The Morgan fingerprint density at radius 2 is 2.00 bits per heavy atom. The molecule has 0 aliphatic carbocycles. The summed E-state index contributed by atoms with van der Waals surface area (Å²) < 4.78 is 1.88. The number of aromatic nitrogens is 1. The van der Waals surface area contributed by atoms with Crippen molar-refractivity contribution in [1.82, 2.24) is 4.57 Å². The molecule has 88 valence electrons. The first-order valence-corrected chi connectivity index (χ1v) is 5.47. The largest absolute Gasteiger partial charge is 0.477 e. The molecule has 0 aromatic carbocycles. The number of pyridine rings is 1. The molecule has 0 aliphatic heterocycles. The van der Waals surface area contributed by atoms with Gasteiger partial charge in [-0.05, 0) is 19.8 Å². The minimum Gasteiger partial charge on any atom is -0.477 e. The second-order valence-corrected chi connectivity index (χ2v) is 3.88. The van der Waals surface area contributed by atoms with Crippen LogP contribution in [0.4, 0.5) is 0 Å². The minimum absolute atomic E-state index is 0.155. The van der Waals surface area contributed by atoms with Crippen LogP contribution in [0.25, 0.3) is 0 Å². The van der Waals surface area contributed by atoms with Crippen molar-refractivity contribution in [3.8, 4) is 0 Å². The van der Waals surface area contributed by atoms with Crippen LogP contribution in [0.2, 0.25) is 0 Å². The zero-order chi connectivity index (χ0) is 12.3. The van der Waals surface area contributed by atoms with Gasteiger partial charge >= 0.3 is 5.97 Å². The number of carboxylic acid groups (broad SMARTS) is 1. The van der Waals surface area contributed by atoms with Crippen LogP contribution in [-0.2, 0) is 0 Å². The Balaban J connectivity index is 3.35. The van der Waals surface area contributed by atoms with Crippen molar-refractivity contribution in [2.24, 2.45) is 0 Å². The topological polar surface area (TPSA) is 59.3 Å². The van der Waals surface area contributed by atoms with Crippen molar-refractivity contribution in [1.29, 1.82) is 0 Å². The van der Waals surface area contributed by atoms with Crippen LogP contribution < -0.4 is 5.43 Å². The molecule has 1 heterocycles. The molecule has 0 radical (unpaired) electrons. The third-order valence-electron chi connectivity index (χ3n) is 2.85. The lowest BCUT2D eigenvalue weighted by Crippen LogP contribution is -2.21. The van der Waals surface area contributed by atoms with Crippen molar-refractivity contribution in [3.63, 3.8) is 0 Å². The molecule has 0 amide bonds. The molecule has 0 atom stereocenters. The first kappa shape index (κ1) is 12.5. The van der Waals surface area contributed by atoms with Crippen LogP contribution in [0, 0.1) is 6.92 Å². The van der Waals surface area contributed by atoms with Crippen molar-refractivity contribution in [3.05, 3.63) is 33.7 Å². The Hall–Kier alpha value is -1.58. The third-order valence-corrected chi connectivity index (χ3v) is 2.85. The Labute approximate surface area is 94.5 Å². The van der Waals surface area contributed by atoms with Gasteiger partial charge in [-0.1, -0.05) is 13.8 Å². The van der Waals surface area contributed by atoms with Gasteiger partial charge in [0.2, 0.25) is 0 Å². The van der Waals surface area contributed by atoms with Gasteiger partial charge in [-0.25, -0.2) is 4.79 Å². The van der Waals surface area contributed by atoms with Crippen LogP contribution >= 0.6 is 0 Å². The Morgan fingerprint density at radius 3 is 2.44 bits per heavy atom. The number of rotatable bonds is 4. The Bertz CT molecular complexity index is 444. The molecule has 0 bridgehead atoms. The van der Waals surface area contributed by atoms with E-state index in [4.69, 9.17) is 5.11 Å². The molecule has 0 saturated heterocycles. The number of carboxylic acids is 1. The summed E-state index contributed by atoms with van der Waals surface area (Å²) in [7, 11) is 0. The zero-order valence-electron chi connectivity index (χ0n) is 9.86. The fraction of sp³-hybridized carbons (Fsp3) is 0.500. The fourth-order valence-electron chi connectivity index (χ4n) is 1.88. The van der Waals surface area contributed by atoms with Crippen molar-refractivity contribution >= 4 is 5.97 Å². The van der Waals surface area contributed by atoms with Crippen LogP contribution in [0.1, 0.15) is 48.8 Å². The molecule has 0 unspecified atom stereocenters. The molecule has 1 aromatic rings. The molecule has 0 fully saturated rings. The highest BCUT2D eigenvalue weighted by atomic mass is 16.4. The normalized spacial score (nSPS) is 10.8. The molecule has 16 heavy (non-hydrogen) atoms. The SMILES string of the molecule is CCC(CC)n1cc(C(=O)O)c(=O)cc1C. The van der Waals surface area contributed by atoms with E-state index in [-0.39, 0.29) is 11.6 Å². The van der Waals surface area contributed by atoms with Gasteiger partial charge in [0, 0.05) is 24.0 Å². The maximum Gasteiger partial charge on any atom is 0.341 e. The molecule has 0 spiro atoms. The maximum atomic E-state index is 11.4. The van der Waals surface area contributed by atoms with Crippen LogP contribution in [0.5, 0.6) is 0 Å². The van der Waals surface area contributed by atoms with Gasteiger partial charge in [-0.15, -0.1) is 0 Å². The average Bonchev–Trinajstić information content (AvgIpc) is 2.22. The summed E-state index contributed by atoms with van der Waals surface area (Å²) >= 11 is 0. The highest BCUT2D eigenvalue weighted by Crippen LogP contribution is 2.17. The summed E-state index contributed by atoms with van der Waals surface area (Å²) in [6.45, 7) is 5.92. The second-order valence-electron chi connectivity index (χ2n) is 3.88. The fourth-order valence-corrected chi connectivity index (χ4v) is 1.88. The predicted molar refractivity (Wildman–Crippen MR) is 62.0 cm³/mol. The van der Waals surface area contributed by atoms with Crippen molar-refractivity contribution in [2.75, 3.05) is 0 Å². The monoisotopic (exact) mass is 223 g/mol. The molecule has 1 rings (SSSR count). The van der Waals surface area contributed by atoms with Gasteiger partial charge in [0.25, 0.3) is 0 Å². The Kier molecular flexibility index (Phi) is 3.88. The van der Waals surface area contributed by atoms with Gasteiger partial charge in [-0.3, -0.25) is 4.79 Å². The lowest BCUT2D eigenvalue weighted by Gasteiger charge is -2.20. The van der Waals surface area contributed by atoms with E-state index < -0.39 is 11.4 Å². The lowest BCUT2D eigenvalue weighted by atomic mass is 10.1. The van der Waals surface area contributed by atoms with Gasteiger partial charge in [0.05, 0.1) is 0 Å². The Morgan fingerprint density at radius 1 is 1.44 bits per heavy atom. The van der Waals surface area contributed by atoms with Crippen LogP contribution in [0.3, 0.4) is 0 Å². The predicted octanol–water partition coefficient (Wildman–Crippen LogP) is 2.22. The molecule has 1 aromatic heterocycles. The molecule has 4 heteroatoms. The number of hydrogen-bond acceptors (Lipinski definition) is 2. The van der Waals surface area contributed by atoms with E-state index in [0.717, 1.165) is 18.5 Å². The standard InChI is InChI=1S/C12H17NO3/c1-4-9(5-2)13-7-10(12(15)16)11(14)6-8(13)3/h6-7,9H,4-5H2,1-3H3,(H,15,16).